The number of aryl methyl sites for hydroxylation is 1. The Morgan fingerprint density at radius 2 is 2.00 bits per heavy atom. The van der Waals surface area contributed by atoms with Crippen molar-refractivity contribution in [3.63, 3.8) is 0 Å². The molecule has 7 nitrogen and oxygen atoms in total. The van der Waals surface area contributed by atoms with Gasteiger partial charge in [-0.3, -0.25) is 14.5 Å². The molecule has 0 aliphatic heterocycles. The lowest BCUT2D eigenvalue weighted by atomic mass is 10.1. The SMILES string of the molecule is CC(c1ccc(F)cn1)N(C)C(=O)c1ccc2nc(N)c3cnn(C)c3c2c1. The number of carbonyl (C=O) groups excluding carboxylic acids is 1. The second-order valence-electron chi connectivity index (χ2n) is 6.75. The van der Waals surface area contributed by atoms with Crippen molar-refractivity contribution in [3.05, 3.63) is 59.8 Å². The molecule has 1 unspecified atom stereocenters. The van der Waals surface area contributed by atoms with E-state index in [0.29, 0.717) is 22.6 Å². The predicted molar refractivity (Wildman–Crippen MR) is 105 cm³/mol. The lowest BCUT2D eigenvalue weighted by Crippen LogP contribution is -2.30. The van der Waals surface area contributed by atoms with E-state index in [0.717, 1.165) is 22.5 Å². The molecule has 0 saturated heterocycles. The summed E-state index contributed by atoms with van der Waals surface area (Å²) in [5, 5.41) is 5.80. The second kappa shape index (κ2) is 6.56. The van der Waals surface area contributed by atoms with Gasteiger partial charge < -0.3 is 10.6 Å². The summed E-state index contributed by atoms with van der Waals surface area (Å²) in [5.41, 5.74) is 8.67. The molecule has 0 fully saturated rings. The molecule has 0 aliphatic rings. The zero-order chi connectivity index (χ0) is 20.0. The molecule has 142 valence electrons. The minimum Gasteiger partial charge on any atom is -0.383 e. The molecule has 0 radical (unpaired) electrons. The topological polar surface area (TPSA) is 89.9 Å². The maximum Gasteiger partial charge on any atom is 0.254 e. The Morgan fingerprint density at radius 1 is 1.21 bits per heavy atom. The lowest BCUT2D eigenvalue weighted by Gasteiger charge is -2.24. The summed E-state index contributed by atoms with van der Waals surface area (Å²) >= 11 is 0. The van der Waals surface area contributed by atoms with Crippen molar-refractivity contribution >= 4 is 33.5 Å². The van der Waals surface area contributed by atoms with E-state index in [1.807, 2.05) is 14.0 Å². The van der Waals surface area contributed by atoms with Gasteiger partial charge in [-0.2, -0.15) is 5.10 Å². The Bertz CT molecular complexity index is 1200. The van der Waals surface area contributed by atoms with Gasteiger partial charge in [-0.05, 0) is 37.3 Å². The third-order valence-electron chi connectivity index (χ3n) is 5.03. The van der Waals surface area contributed by atoms with Gasteiger partial charge in [0, 0.05) is 25.0 Å². The van der Waals surface area contributed by atoms with E-state index in [-0.39, 0.29) is 11.9 Å². The number of amides is 1. The third kappa shape index (κ3) is 2.83. The van der Waals surface area contributed by atoms with E-state index in [2.05, 4.69) is 15.1 Å². The molecule has 0 spiro atoms. The summed E-state index contributed by atoms with van der Waals surface area (Å²) in [7, 11) is 3.52. The monoisotopic (exact) mass is 378 g/mol. The molecule has 28 heavy (non-hydrogen) atoms. The van der Waals surface area contributed by atoms with Gasteiger partial charge in [0.25, 0.3) is 5.91 Å². The van der Waals surface area contributed by atoms with E-state index in [9.17, 15) is 9.18 Å². The van der Waals surface area contributed by atoms with Crippen LogP contribution >= 0.6 is 0 Å². The molecular formula is C20H19FN6O. The molecule has 4 aromatic rings. The van der Waals surface area contributed by atoms with Crippen LogP contribution in [0.1, 0.15) is 29.0 Å². The van der Waals surface area contributed by atoms with E-state index in [1.165, 1.54) is 6.07 Å². The van der Waals surface area contributed by atoms with Crippen LogP contribution in [0, 0.1) is 5.82 Å². The van der Waals surface area contributed by atoms with Crippen LogP contribution in [0.5, 0.6) is 0 Å². The van der Waals surface area contributed by atoms with Crippen molar-refractivity contribution in [3.8, 4) is 0 Å². The van der Waals surface area contributed by atoms with E-state index < -0.39 is 5.82 Å². The van der Waals surface area contributed by atoms with Crippen LogP contribution in [0.4, 0.5) is 10.2 Å². The quantitative estimate of drug-likeness (QED) is 0.592. The number of nitrogen functional groups attached to an aromatic ring is 1. The van der Waals surface area contributed by atoms with Crippen molar-refractivity contribution in [2.24, 2.45) is 7.05 Å². The highest BCUT2D eigenvalue weighted by molar-refractivity contribution is 6.10. The number of hydrogen-bond donors (Lipinski definition) is 1. The first-order valence-electron chi connectivity index (χ1n) is 8.76. The van der Waals surface area contributed by atoms with Gasteiger partial charge in [-0.15, -0.1) is 0 Å². The van der Waals surface area contributed by atoms with Gasteiger partial charge in [0.1, 0.15) is 11.6 Å². The number of pyridine rings is 2. The largest absolute Gasteiger partial charge is 0.383 e. The molecule has 1 amide bonds. The normalized spacial score (nSPS) is 12.4. The molecule has 2 N–H and O–H groups in total. The summed E-state index contributed by atoms with van der Waals surface area (Å²) < 4.78 is 14.8. The first kappa shape index (κ1) is 17.8. The summed E-state index contributed by atoms with van der Waals surface area (Å²) in [4.78, 5) is 23.1. The maximum absolute atomic E-state index is 13.1. The Hall–Kier alpha value is -3.55. The van der Waals surface area contributed by atoms with Crippen LogP contribution in [0.15, 0.2) is 42.7 Å². The summed E-state index contributed by atoms with van der Waals surface area (Å²) in [5.74, 6) is -0.179. The fourth-order valence-corrected chi connectivity index (χ4v) is 3.30. The fraction of sp³-hybridized carbons (Fsp3) is 0.200. The standard InChI is InChI=1S/C20H19FN6O/c1-11(16-7-5-13(21)9-23-16)26(2)20(28)12-4-6-17-14(8-12)18-15(19(22)25-17)10-24-27(18)3/h4-11H,1-3H3,(H2,22,25). The van der Waals surface area contributed by atoms with Crippen LogP contribution in [0.3, 0.4) is 0 Å². The Labute approximate surface area is 160 Å². The van der Waals surface area contributed by atoms with Crippen molar-refractivity contribution in [1.29, 1.82) is 0 Å². The zero-order valence-electron chi connectivity index (χ0n) is 15.7. The summed E-state index contributed by atoms with van der Waals surface area (Å²) in [6.07, 6.45) is 2.81. The first-order valence-corrected chi connectivity index (χ1v) is 8.76. The molecule has 0 saturated carbocycles. The molecular weight excluding hydrogens is 359 g/mol. The van der Waals surface area contributed by atoms with Crippen molar-refractivity contribution < 1.29 is 9.18 Å². The second-order valence-corrected chi connectivity index (χ2v) is 6.75. The number of benzene rings is 1. The number of hydrogen-bond acceptors (Lipinski definition) is 5. The van der Waals surface area contributed by atoms with Crippen molar-refractivity contribution in [2.75, 3.05) is 12.8 Å². The molecule has 0 aliphatic carbocycles. The van der Waals surface area contributed by atoms with E-state index in [4.69, 9.17) is 5.73 Å². The average molecular weight is 378 g/mol. The average Bonchev–Trinajstić information content (AvgIpc) is 3.09. The van der Waals surface area contributed by atoms with E-state index in [1.54, 1.807) is 47.1 Å². The van der Waals surface area contributed by atoms with Crippen LogP contribution in [0.2, 0.25) is 0 Å². The predicted octanol–water partition coefficient (Wildman–Crippen LogP) is 3.07. The van der Waals surface area contributed by atoms with Gasteiger partial charge in [0.05, 0.1) is 40.5 Å². The fourth-order valence-electron chi connectivity index (χ4n) is 3.30. The van der Waals surface area contributed by atoms with Gasteiger partial charge in [0.15, 0.2) is 0 Å². The van der Waals surface area contributed by atoms with Crippen LogP contribution in [-0.4, -0.2) is 37.6 Å². The number of nitrogens with zero attached hydrogens (tertiary/aromatic N) is 5. The number of carbonyl (C=O) groups is 1. The smallest absolute Gasteiger partial charge is 0.254 e. The minimum absolute atomic E-state index is 0.173. The molecule has 1 atom stereocenters. The van der Waals surface area contributed by atoms with Crippen LogP contribution in [-0.2, 0) is 7.05 Å². The molecule has 1 aromatic carbocycles. The van der Waals surface area contributed by atoms with Crippen molar-refractivity contribution in [1.82, 2.24) is 24.6 Å². The number of fused-ring (bicyclic) bond motifs is 3. The minimum atomic E-state index is -0.411. The zero-order valence-corrected chi connectivity index (χ0v) is 15.7. The van der Waals surface area contributed by atoms with Gasteiger partial charge in [-0.1, -0.05) is 0 Å². The van der Waals surface area contributed by atoms with Crippen LogP contribution in [0.25, 0.3) is 21.8 Å². The Balaban J connectivity index is 1.74. The Kier molecular flexibility index (Phi) is 4.18. The third-order valence-corrected chi connectivity index (χ3v) is 5.03. The molecule has 3 aromatic heterocycles. The highest BCUT2D eigenvalue weighted by atomic mass is 19.1. The summed E-state index contributed by atoms with van der Waals surface area (Å²) in [6, 6.07) is 7.90. The number of anilines is 1. The van der Waals surface area contributed by atoms with Gasteiger partial charge in [-0.25, -0.2) is 9.37 Å². The highest BCUT2D eigenvalue weighted by Gasteiger charge is 2.21. The number of nitrogens with two attached hydrogens (primary N) is 1. The Morgan fingerprint density at radius 3 is 2.71 bits per heavy atom. The maximum atomic E-state index is 13.1. The molecule has 0 bridgehead atoms. The number of halogens is 1. The number of aromatic nitrogens is 4. The first-order chi connectivity index (χ1) is 13.4. The lowest BCUT2D eigenvalue weighted by molar-refractivity contribution is 0.0740. The van der Waals surface area contributed by atoms with Crippen molar-refractivity contribution in [2.45, 2.75) is 13.0 Å². The van der Waals surface area contributed by atoms with Gasteiger partial charge in [0.2, 0.25) is 0 Å². The van der Waals surface area contributed by atoms with Gasteiger partial charge >= 0.3 is 0 Å². The van der Waals surface area contributed by atoms with Crippen LogP contribution < -0.4 is 5.73 Å². The summed E-state index contributed by atoms with van der Waals surface area (Å²) in [6.45, 7) is 1.85. The molecule has 4 rings (SSSR count). The number of rotatable bonds is 3. The molecule has 8 heteroatoms. The molecule has 3 heterocycles. The van der Waals surface area contributed by atoms with E-state index >= 15 is 0 Å². The highest BCUT2D eigenvalue weighted by Crippen LogP contribution is 2.29.